The summed E-state index contributed by atoms with van der Waals surface area (Å²) in [5, 5.41) is 11.9. The molecule has 7 rings (SSSR count). The first-order valence-electron chi connectivity index (χ1n) is 21.3. The fraction of sp³-hybridized carbons (Fsp3) is 0.447. The number of pyridine rings is 1. The second kappa shape index (κ2) is 20.9. The number of carbonyl (C=O) groups excluding carboxylic acids is 5. The van der Waals surface area contributed by atoms with Crippen molar-refractivity contribution >= 4 is 65.2 Å². The van der Waals surface area contributed by atoms with E-state index in [0.29, 0.717) is 78.3 Å². The Bertz CT molecular complexity index is 2290. The van der Waals surface area contributed by atoms with E-state index < -0.39 is 24.1 Å². The number of carbonyl (C=O) groups is 5. The summed E-state index contributed by atoms with van der Waals surface area (Å²) in [6.45, 7) is 20.5. The minimum atomic E-state index is -0.686. The van der Waals surface area contributed by atoms with Crippen molar-refractivity contribution < 1.29 is 37.8 Å². The van der Waals surface area contributed by atoms with Gasteiger partial charge in [0.2, 0.25) is 18.2 Å². The lowest BCUT2D eigenvalue weighted by Gasteiger charge is -2.35. The van der Waals surface area contributed by atoms with E-state index in [1.165, 1.54) is 6.07 Å². The zero-order valence-electron chi connectivity index (χ0n) is 36.9. The molecule has 1 aliphatic carbocycles. The molecule has 0 spiro atoms. The van der Waals surface area contributed by atoms with Crippen LogP contribution < -0.4 is 21.3 Å². The zero-order chi connectivity index (χ0) is 45.4. The number of aryl methyl sites for hydroxylation is 1. The monoisotopic (exact) mass is 870 g/mol. The highest BCUT2D eigenvalue weighted by atomic mass is 32.1. The van der Waals surface area contributed by atoms with Gasteiger partial charge in [0.1, 0.15) is 25.1 Å². The molecule has 4 heterocycles. The smallest absolute Gasteiger partial charge is 0.407 e. The van der Waals surface area contributed by atoms with Gasteiger partial charge in [-0.2, -0.15) is 12.6 Å². The van der Waals surface area contributed by atoms with E-state index in [1.807, 2.05) is 33.8 Å². The van der Waals surface area contributed by atoms with Crippen LogP contribution in [0.3, 0.4) is 0 Å². The van der Waals surface area contributed by atoms with Crippen LogP contribution in [0.2, 0.25) is 0 Å². The van der Waals surface area contributed by atoms with Crippen LogP contribution in [0, 0.1) is 24.6 Å². The first-order chi connectivity index (χ1) is 29.7. The number of hydrogen-bond donors (Lipinski definition) is 5. The molecule has 1 unspecified atom stereocenters. The Labute approximate surface area is 368 Å². The normalized spacial score (nSPS) is 18.0. The summed E-state index contributed by atoms with van der Waals surface area (Å²) in [6, 6.07) is 7.47. The lowest BCUT2D eigenvalue weighted by molar-refractivity contribution is -0.147. The van der Waals surface area contributed by atoms with Crippen molar-refractivity contribution in [1.29, 1.82) is 0 Å². The highest BCUT2D eigenvalue weighted by molar-refractivity contribution is 7.80. The van der Waals surface area contributed by atoms with Crippen molar-refractivity contribution in [2.24, 2.45) is 11.8 Å². The fourth-order valence-electron chi connectivity index (χ4n) is 7.88. The molecule has 4 amide bonds. The molecule has 0 saturated carbocycles. The number of cyclic esters (lactones) is 1. The number of nitrogens with one attached hydrogen (secondary N) is 4. The van der Waals surface area contributed by atoms with E-state index in [9.17, 15) is 24.0 Å². The highest BCUT2D eigenvalue weighted by Crippen LogP contribution is 2.49. The molecule has 4 N–H and O–H groups in total. The Morgan fingerprint density at radius 2 is 1.84 bits per heavy atom. The van der Waals surface area contributed by atoms with E-state index in [2.05, 4.69) is 59.2 Å². The molecule has 332 valence electrons. The van der Waals surface area contributed by atoms with E-state index >= 15 is 4.39 Å². The molecule has 0 fully saturated rings. The minimum absolute atomic E-state index is 0.00224. The molecule has 4 aliphatic rings. The lowest BCUT2D eigenvalue weighted by atomic mass is 9.82. The van der Waals surface area contributed by atoms with Gasteiger partial charge in [0.15, 0.2) is 0 Å². The Hall–Kier alpha value is -5.70. The molecule has 0 radical (unpaired) electrons. The molecule has 13 nitrogen and oxygen atoms in total. The van der Waals surface area contributed by atoms with E-state index in [-0.39, 0.29) is 42.9 Å². The molecule has 15 heteroatoms. The topological polar surface area (TPSA) is 168 Å². The summed E-state index contributed by atoms with van der Waals surface area (Å²) >= 11 is 3.97. The molecule has 0 saturated heterocycles. The number of nitrogens with zero attached hydrogens (tertiary/aromatic N) is 2. The van der Waals surface area contributed by atoms with Crippen LogP contribution in [0.5, 0.6) is 0 Å². The number of esters is 1. The Morgan fingerprint density at radius 3 is 2.48 bits per heavy atom. The van der Waals surface area contributed by atoms with Gasteiger partial charge in [-0.1, -0.05) is 53.3 Å². The Morgan fingerprint density at radius 1 is 1.13 bits per heavy atom. The van der Waals surface area contributed by atoms with Gasteiger partial charge in [-0.05, 0) is 97.7 Å². The summed E-state index contributed by atoms with van der Waals surface area (Å²) in [7, 11) is 0. The minimum Gasteiger partial charge on any atom is -0.460 e. The van der Waals surface area contributed by atoms with Crippen molar-refractivity contribution in [2.75, 3.05) is 17.7 Å². The molecular formula is C47H59FN6O7S. The van der Waals surface area contributed by atoms with E-state index in [0.717, 1.165) is 44.6 Å². The number of thiol groups is 1. The summed E-state index contributed by atoms with van der Waals surface area (Å²) < 4.78 is 26.3. The summed E-state index contributed by atoms with van der Waals surface area (Å²) in [6.07, 6.45) is 4.06. The van der Waals surface area contributed by atoms with Crippen LogP contribution in [-0.2, 0) is 48.2 Å². The number of ether oxygens (including phenoxy) is 2. The first-order valence-corrected chi connectivity index (χ1v) is 22.0. The van der Waals surface area contributed by atoms with Gasteiger partial charge in [0.05, 0.1) is 35.4 Å². The van der Waals surface area contributed by atoms with Crippen molar-refractivity contribution in [2.45, 2.75) is 112 Å². The maximum absolute atomic E-state index is 15.2. The number of halogens is 1. The second-order valence-corrected chi connectivity index (χ2v) is 16.3. The number of aromatic nitrogens is 1. The first kappa shape index (κ1) is 47.4. The van der Waals surface area contributed by atoms with Crippen LogP contribution in [-0.4, -0.2) is 64.6 Å². The Kier molecular flexibility index (Phi) is 16.0. The number of hydrogen-bond acceptors (Lipinski definition) is 10. The maximum atomic E-state index is 15.2. The fourth-order valence-corrected chi connectivity index (χ4v) is 8.09. The van der Waals surface area contributed by atoms with Gasteiger partial charge in [-0.15, -0.1) is 0 Å². The zero-order valence-corrected chi connectivity index (χ0v) is 37.8. The summed E-state index contributed by atoms with van der Waals surface area (Å²) in [4.78, 5) is 66.7. The van der Waals surface area contributed by atoms with Gasteiger partial charge < -0.3 is 35.6 Å². The summed E-state index contributed by atoms with van der Waals surface area (Å²) in [5.41, 5.74) is 9.03. The standard InChI is InChI=1S/C37H36FN5O6.C8H17NOS.C2H6/c1-5-23-25-12-31-34-26(14-43(31)20(4)27(25)16-48-36(23)46)33-29(11-10-24-18(2)28(38)13-30(41-34)32(24)33)42-37(47)49-15-21-6-8-22(9-7-21)40-35(45)19(3)39-17-44;1-6(2)7(3)9-8(10)4-5-11;1-2/h6-9,12-13,17,19,23,29H,4-5,10-11,14-16H2,1-3H3,(H,39,44)(H,40,45)(H,42,47);6-7,11H,4-5H2,1-3H3,(H,9,10);1-2H3/t19-,23+,29-;;/m0../s1. The predicted molar refractivity (Wildman–Crippen MR) is 241 cm³/mol. The molecular weight excluding hydrogens is 812 g/mol. The van der Waals surface area contributed by atoms with Crippen molar-refractivity contribution in [3.63, 3.8) is 0 Å². The number of allylic oxidation sites excluding steroid dienone is 1. The number of benzene rings is 2. The third kappa shape index (κ3) is 10.1. The van der Waals surface area contributed by atoms with Crippen molar-refractivity contribution in [3.05, 3.63) is 99.2 Å². The molecule has 62 heavy (non-hydrogen) atoms. The van der Waals surface area contributed by atoms with Gasteiger partial charge in [-0.3, -0.25) is 19.2 Å². The SMILES string of the molecule is C=C1C2=C(C=C3c4nc5cc(F)c(C)c6c5c(c4CN13)[C@@H](NC(=O)OCc1ccc(NC(=O)[C@H](C)NC=O)cc1)CC6)[C@@H](CC)C(=O)OC2.CC.CC(C)C(C)NC(=O)CCS. The largest absolute Gasteiger partial charge is 0.460 e. The third-order valence-electron chi connectivity index (χ3n) is 11.7. The van der Waals surface area contributed by atoms with Gasteiger partial charge in [-0.25, -0.2) is 14.2 Å². The highest BCUT2D eigenvalue weighted by Gasteiger charge is 2.42. The lowest BCUT2D eigenvalue weighted by Crippen LogP contribution is -2.37. The predicted octanol–water partition coefficient (Wildman–Crippen LogP) is 7.73. The van der Waals surface area contributed by atoms with Crippen LogP contribution in [0.4, 0.5) is 14.9 Å². The molecule has 4 atom stereocenters. The quantitative estimate of drug-likeness (QED) is 0.0696. The molecule has 2 aromatic carbocycles. The van der Waals surface area contributed by atoms with Gasteiger partial charge in [0, 0.05) is 46.4 Å². The van der Waals surface area contributed by atoms with E-state index in [4.69, 9.17) is 14.5 Å². The number of anilines is 1. The van der Waals surface area contributed by atoms with E-state index in [1.54, 1.807) is 38.1 Å². The number of alkyl carbamates (subject to hydrolysis) is 1. The number of fused-ring (bicyclic) bond motifs is 4. The third-order valence-corrected chi connectivity index (χ3v) is 11.9. The van der Waals surface area contributed by atoms with Crippen molar-refractivity contribution in [1.82, 2.24) is 25.8 Å². The van der Waals surface area contributed by atoms with Crippen LogP contribution in [0.1, 0.15) is 107 Å². The second-order valence-electron chi connectivity index (χ2n) is 15.9. The average Bonchev–Trinajstić information content (AvgIpc) is 3.62. The maximum Gasteiger partial charge on any atom is 0.407 e. The number of amides is 4. The molecule has 0 bridgehead atoms. The summed E-state index contributed by atoms with van der Waals surface area (Å²) in [5.74, 6) is -0.131. The van der Waals surface area contributed by atoms with Crippen LogP contribution in [0.15, 0.2) is 59.8 Å². The van der Waals surface area contributed by atoms with Crippen molar-refractivity contribution in [3.8, 4) is 0 Å². The molecule has 1 aromatic heterocycles. The average molecular weight is 871 g/mol. The van der Waals surface area contributed by atoms with Gasteiger partial charge >= 0.3 is 12.1 Å². The molecule has 3 aromatic rings. The molecule has 3 aliphatic heterocycles. The van der Waals surface area contributed by atoms with Gasteiger partial charge in [0.25, 0.3) is 0 Å². The van der Waals surface area contributed by atoms with Crippen LogP contribution >= 0.6 is 12.6 Å². The Balaban J connectivity index is 0.000000489. The number of rotatable bonds is 12. The van der Waals surface area contributed by atoms with Crippen LogP contribution in [0.25, 0.3) is 16.6 Å².